The zero-order valence-electron chi connectivity index (χ0n) is 18.4. The average molecular weight is 464 g/mol. The number of hydrogen-bond acceptors (Lipinski definition) is 5. The fourth-order valence-corrected chi connectivity index (χ4v) is 4.06. The summed E-state index contributed by atoms with van der Waals surface area (Å²) >= 11 is 5.31. The lowest BCUT2D eigenvalue weighted by atomic mass is 10.1. The van der Waals surface area contributed by atoms with Crippen LogP contribution in [0.25, 0.3) is 0 Å². The number of thiocarbonyl (C=S) groups is 1. The molecular formula is C27H29NO4S. The third-order valence-electron chi connectivity index (χ3n) is 5.55. The molecule has 0 aliphatic carbocycles. The van der Waals surface area contributed by atoms with E-state index in [-0.39, 0.29) is 17.2 Å². The topological polar surface area (TPSA) is 62.9 Å². The molecule has 1 saturated heterocycles. The van der Waals surface area contributed by atoms with Gasteiger partial charge in [0, 0.05) is 0 Å². The lowest BCUT2D eigenvalue weighted by Gasteiger charge is -2.25. The first-order valence-corrected chi connectivity index (χ1v) is 11.5. The summed E-state index contributed by atoms with van der Waals surface area (Å²) in [6.45, 7) is 1.67. The van der Waals surface area contributed by atoms with Crippen molar-refractivity contribution in [2.75, 3.05) is 6.61 Å². The van der Waals surface area contributed by atoms with E-state index in [9.17, 15) is 0 Å². The van der Waals surface area contributed by atoms with E-state index in [0.717, 1.165) is 16.7 Å². The van der Waals surface area contributed by atoms with Crippen LogP contribution in [0.2, 0.25) is 0 Å². The van der Waals surface area contributed by atoms with Gasteiger partial charge in [-0.05, 0) is 16.7 Å². The second-order valence-electron chi connectivity index (χ2n) is 8.02. The maximum Gasteiger partial charge on any atom is 0.137 e. The van der Waals surface area contributed by atoms with Crippen molar-refractivity contribution in [3.05, 3.63) is 108 Å². The molecule has 4 atom stereocenters. The molecule has 0 spiro atoms. The van der Waals surface area contributed by atoms with E-state index in [4.69, 9.17) is 36.9 Å². The van der Waals surface area contributed by atoms with Gasteiger partial charge in [-0.3, -0.25) is 0 Å². The van der Waals surface area contributed by atoms with Gasteiger partial charge >= 0.3 is 0 Å². The number of nitrogens with two attached hydrogens (primary N) is 1. The molecular weight excluding hydrogens is 434 g/mol. The van der Waals surface area contributed by atoms with Gasteiger partial charge in [0.2, 0.25) is 0 Å². The Morgan fingerprint density at radius 3 is 1.64 bits per heavy atom. The molecule has 4 rings (SSSR count). The molecule has 3 aromatic rings. The number of benzene rings is 3. The SMILES string of the molecule is NC(=S)[C@@H]1O[C@H](COCc2ccccc2)[C@@H](OCc2ccccc2)[C@H]1OCc1ccccc1. The zero-order chi connectivity index (χ0) is 22.9. The summed E-state index contributed by atoms with van der Waals surface area (Å²) in [7, 11) is 0. The molecule has 3 aromatic carbocycles. The Morgan fingerprint density at radius 2 is 1.15 bits per heavy atom. The van der Waals surface area contributed by atoms with Crippen LogP contribution in [0.1, 0.15) is 16.7 Å². The van der Waals surface area contributed by atoms with Crippen LogP contribution in [0, 0.1) is 0 Å². The van der Waals surface area contributed by atoms with Crippen LogP contribution in [-0.4, -0.2) is 36.0 Å². The minimum atomic E-state index is -0.546. The highest BCUT2D eigenvalue weighted by molar-refractivity contribution is 7.80. The lowest BCUT2D eigenvalue weighted by Crippen LogP contribution is -2.42. The van der Waals surface area contributed by atoms with E-state index in [1.807, 2.05) is 91.0 Å². The smallest absolute Gasteiger partial charge is 0.137 e. The molecule has 0 saturated carbocycles. The van der Waals surface area contributed by atoms with Gasteiger partial charge in [-0.25, -0.2) is 0 Å². The maximum absolute atomic E-state index is 6.34. The molecule has 172 valence electrons. The maximum atomic E-state index is 6.34. The van der Waals surface area contributed by atoms with Gasteiger partial charge in [0.15, 0.2) is 0 Å². The summed E-state index contributed by atoms with van der Waals surface area (Å²) in [5, 5.41) is 0. The summed E-state index contributed by atoms with van der Waals surface area (Å²) < 4.78 is 24.8. The molecule has 0 unspecified atom stereocenters. The Bertz CT molecular complexity index is 987. The summed E-state index contributed by atoms with van der Waals surface area (Å²) in [5.74, 6) is 0. The highest BCUT2D eigenvalue weighted by Crippen LogP contribution is 2.29. The Hall–Kier alpha value is -2.61. The van der Waals surface area contributed by atoms with Crippen LogP contribution in [0.4, 0.5) is 0 Å². The predicted octanol–water partition coefficient (Wildman–Crippen LogP) is 4.43. The molecule has 6 heteroatoms. The molecule has 1 fully saturated rings. The summed E-state index contributed by atoms with van der Waals surface area (Å²) in [5.41, 5.74) is 9.27. The van der Waals surface area contributed by atoms with Crippen LogP contribution >= 0.6 is 12.2 Å². The second-order valence-corrected chi connectivity index (χ2v) is 8.49. The Balaban J connectivity index is 1.46. The Morgan fingerprint density at radius 1 is 0.697 bits per heavy atom. The van der Waals surface area contributed by atoms with E-state index >= 15 is 0 Å². The molecule has 33 heavy (non-hydrogen) atoms. The molecule has 0 radical (unpaired) electrons. The minimum absolute atomic E-state index is 0.256. The normalized spacial score (nSPS) is 22.3. The largest absolute Gasteiger partial charge is 0.391 e. The van der Waals surface area contributed by atoms with E-state index in [1.165, 1.54) is 0 Å². The van der Waals surface area contributed by atoms with Crippen molar-refractivity contribution < 1.29 is 18.9 Å². The van der Waals surface area contributed by atoms with Crippen LogP contribution < -0.4 is 5.73 Å². The molecule has 1 heterocycles. The van der Waals surface area contributed by atoms with Crippen molar-refractivity contribution in [1.82, 2.24) is 0 Å². The number of rotatable bonds is 11. The van der Waals surface area contributed by atoms with Gasteiger partial charge in [0.05, 0.1) is 26.4 Å². The highest BCUT2D eigenvalue weighted by atomic mass is 32.1. The molecule has 5 nitrogen and oxygen atoms in total. The Kier molecular flexibility index (Phi) is 8.58. The minimum Gasteiger partial charge on any atom is -0.391 e. The quantitative estimate of drug-likeness (QED) is 0.425. The van der Waals surface area contributed by atoms with Crippen molar-refractivity contribution in [2.45, 2.75) is 44.2 Å². The van der Waals surface area contributed by atoms with Gasteiger partial charge in [-0.2, -0.15) is 0 Å². The van der Waals surface area contributed by atoms with E-state index in [2.05, 4.69) is 0 Å². The highest BCUT2D eigenvalue weighted by Gasteiger charge is 2.47. The van der Waals surface area contributed by atoms with Crippen LogP contribution in [0.15, 0.2) is 91.0 Å². The lowest BCUT2D eigenvalue weighted by molar-refractivity contribution is -0.0896. The molecule has 0 amide bonds. The van der Waals surface area contributed by atoms with Crippen molar-refractivity contribution in [3.8, 4) is 0 Å². The molecule has 1 aliphatic heterocycles. The van der Waals surface area contributed by atoms with Gasteiger partial charge < -0.3 is 24.7 Å². The third kappa shape index (κ3) is 6.69. The number of ether oxygens (including phenoxy) is 4. The van der Waals surface area contributed by atoms with E-state index in [1.54, 1.807) is 0 Å². The first-order chi connectivity index (χ1) is 16.2. The molecule has 0 bridgehead atoms. The zero-order valence-corrected chi connectivity index (χ0v) is 19.2. The van der Waals surface area contributed by atoms with E-state index < -0.39 is 12.2 Å². The standard InChI is InChI=1S/C27H29NO4S/c28-27(33)26-25(31-18-22-14-8-3-9-15-22)24(30-17-21-12-6-2-7-13-21)23(32-26)19-29-16-20-10-4-1-5-11-20/h1-15,23-26H,16-19H2,(H2,28,33)/t23-,24-,25-,26-/m1/s1. The van der Waals surface area contributed by atoms with E-state index in [0.29, 0.717) is 26.4 Å². The molecule has 0 aromatic heterocycles. The summed E-state index contributed by atoms with van der Waals surface area (Å²) in [6.07, 6.45) is -1.72. The molecule has 2 N–H and O–H groups in total. The van der Waals surface area contributed by atoms with Gasteiger partial charge in [0.25, 0.3) is 0 Å². The van der Waals surface area contributed by atoms with Crippen molar-refractivity contribution in [1.29, 1.82) is 0 Å². The van der Waals surface area contributed by atoms with Crippen molar-refractivity contribution in [2.24, 2.45) is 5.73 Å². The van der Waals surface area contributed by atoms with Crippen molar-refractivity contribution in [3.63, 3.8) is 0 Å². The van der Waals surface area contributed by atoms with Crippen LogP contribution in [0.5, 0.6) is 0 Å². The van der Waals surface area contributed by atoms with Crippen LogP contribution in [-0.2, 0) is 38.8 Å². The summed E-state index contributed by atoms with van der Waals surface area (Å²) in [6, 6.07) is 30.0. The first-order valence-electron chi connectivity index (χ1n) is 11.1. The molecule has 1 aliphatic rings. The third-order valence-corrected chi connectivity index (χ3v) is 5.79. The number of hydrogen-bond donors (Lipinski definition) is 1. The Labute approximate surface area is 200 Å². The van der Waals surface area contributed by atoms with Gasteiger partial charge in [-0.1, -0.05) is 103 Å². The fraction of sp³-hybridized carbons (Fsp3) is 0.296. The van der Waals surface area contributed by atoms with Gasteiger partial charge in [-0.15, -0.1) is 0 Å². The van der Waals surface area contributed by atoms with Crippen LogP contribution in [0.3, 0.4) is 0 Å². The fourth-order valence-electron chi connectivity index (χ4n) is 3.88. The monoisotopic (exact) mass is 463 g/mol. The average Bonchev–Trinajstić information content (AvgIpc) is 3.21. The first kappa shape index (κ1) is 23.5. The predicted molar refractivity (Wildman–Crippen MR) is 132 cm³/mol. The van der Waals surface area contributed by atoms with Crippen molar-refractivity contribution >= 4 is 17.2 Å². The summed E-state index contributed by atoms with van der Waals surface area (Å²) in [4.78, 5) is 0.256. The second kappa shape index (κ2) is 12.0. The van der Waals surface area contributed by atoms with Gasteiger partial charge in [0.1, 0.15) is 29.4 Å².